The van der Waals surface area contributed by atoms with E-state index < -0.39 is 8.32 Å². The monoisotopic (exact) mass is 190 g/mol. The molecule has 0 saturated carbocycles. The summed E-state index contributed by atoms with van der Waals surface area (Å²) < 4.78 is 10.3. The SMILES string of the molecule is CC(C)OC(=O)CO[Si](C)(C)C. The Morgan fingerprint density at radius 2 is 1.83 bits per heavy atom. The van der Waals surface area contributed by atoms with Crippen LogP contribution in [0.1, 0.15) is 13.8 Å². The van der Waals surface area contributed by atoms with E-state index in [0.29, 0.717) is 0 Å². The van der Waals surface area contributed by atoms with Gasteiger partial charge in [0.1, 0.15) is 6.61 Å². The van der Waals surface area contributed by atoms with E-state index in [0.717, 1.165) is 0 Å². The van der Waals surface area contributed by atoms with Gasteiger partial charge in [0, 0.05) is 0 Å². The van der Waals surface area contributed by atoms with E-state index in [-0.39, 0.29) is 18.7 Å². The van der Waals surface area contributed by atoms with Crippen LogP contribution in [-0.2, 0) is 14.0 Å². The number of esters is 1. The molecule has 72 valence electrons. The second-order valence-electron chi connectivity index (χ2n) is 3.94. The molecule has 0 unspecified atom stereocenters. The van der Waals surface area contributed by atoms with Gasteiger partial charge in [-0.1, -0.05) is 0 Å². The molecule has 0 aliphatic rings. The molecule has 0 aliphatic carbocycles. The van der Waals surface area contributed by atoms with E-state index in [9.17, 15) is 4.79 Å². The first-order valence-electron chi connectivity index (χ1n) is 4.15. The van der Waals surface area contributed by atoms with Crippen LogP contribution in [0.3, 0.4) is 0 Å². The molecule has 0 aromatic carbocycles. The molecule has 0 fully saturated rings. The summed E-state index contributed by atoms with van der Waals surface area (Å²) in [6.45, 7) is 9.85. The lowest BCUT2D eigenvalue weighted by Gasteiger charge is -2.16. The summed E-state index contributed by atoms with van der Waals surface area (Å²) in [7, 11) is -1.57. The Kier molecular flexibility index (Phi) is 4.48. The molecule has 0 heterocycles. The minimum Gasteiger partial charge on any atom is -0.461 e. The highest BCUT2D eigenvalue weighted by molar-refractivity contribution is 6.69. The first-order chi connectivity index (χ1) is 5.31. The zero-order valence-corrected chi connectivity index (χ0v) is 9.51. The molecule has 0 spiro atoms. The molecule has 0 rings (SSSR count). The summed E-state index contributed by atoms with van der Waals surface area (Å²) >= 11 is 0. The Bertz CT molecular complexity index is 149. The number of hydrogen-bond donors (Lipinski definition) is 0. The van der Waals surface area contributed by atoms with Crippen molar-refractivity contribution in [2.24, 2.45) is 0 Å². The Balaban J connectivity index is 3.58. The molecule has 0 radical (unpaired) electrons. The van der Waals surface area contributed by atoms with E-state index in [2.05, 4.69) is 0 Å². The lowest BCUT2D eigenvalue weighted by atomic mass is 10.5. The summed E-state index contributed by atoms with van der Waals surface area (Å²) in [6, 6.07) is 0. The fraction of sp³-hybridized carbons (Fsp3) is 0.875. The maximum absolute atomic E-state index is 11.0. The van der Waals surface area contributed by atoms with E-state index in [1.54, 1.807) is 0 Å². The Morgan fingerprint density at radius 1 is 1.33 bits per heavy atom. The third-order valence-electron chi connectivity index (χ3n) is 0.990. The van der Waals surface area contributed by atoms with Gasteiger partial charge in [-0.15, -0.1) is 0 Å². The van der Waals surface area contributed by atoms with Crippen LogP contribution < -0.4 is 0 Å². The largest absolute Gasteiger partial charge is 0.461 e. The summed E-state index contributed by atoms with van der Waals surface area (Å²) in [6.07, 6.45) is -0.0530. The lowest BCUT2D eigenvalue weighted by molar-refractivity contribution is -0.150. The van der Waals surface area contributed by atoms with Crippen LogP contribution in [0.2, 0.25) is 19.6 Å². The van der Waals surface area contributed by atoms with Crippen LogP contribution >= 0.6 is 0 Å². The molecule has 3 nitrogen and oxygen atoms in total. The highest BCUT2D eigenvalue weighted by Crippen LogP contribution is 2.02. The molecule has 0 aliphatic heterocycles. The average Bonchev–Trinajstić information content (AvgIpc) is 1.80. The van der Waals surface area contributed by atoms with E-state index in [1.165, 1.54) is 0 Å². The summed E-state index contributed by atoms with van der Waals surface area (Å²) in [5.41, 5.74) is 0. The second kappa shape index (κ2) is 4.62. The Hall–Kier alpha value is -0.353. The topological polar surface area (TPSA) is 35.5 Å². The van der Waals surface area contributed by atoms with Gasteiger partial charge in [0.2, 0.25) is 0 Å². The quantitative estimate of drug-likeness (QED) is 0.501. The molecule has 4 heteroatoms. The average molecular weight is 190 g/mol. The van der Waals surface area contributed by atoms with Gasteiger partial charge in [0.25, 0.3) is 0 Å². The number of carbonyl (C=O) groups is 1. The summed E-state index contributed by atoms with van der Waals surface area (Å²) in [4.78, 5) is 11.0. The zero-order valence-electron chi connectivity index (χ0n) is 8.51. The highest BCUT2D eigenvalue weighted by atomic mass is 28.4. The van der Waals surface area contributed by atoms with Crippen molar-refractivity contribution in [3.05, 3.63) is 0 Å². The van der Waals surface area contributed by atoms with Gasteiger partial charge in [-0.25, -0.2) is 4.79 Å². The standard InChI is InChI=1S/C8H18O3Si/c1-7(2)11-8(9)6-10-12(3,4)5/h7H,6H2,1-5H3. The first kappa shape index (κ1) is 11.6. The summed E-state index contributed by atoms with van der Waals surface area (Å²) in [5, 5.41) is 0. The van der Waals surface area contributed by atoms with Crippen molar-refractivity contribution in [3.63, 3.8) is 0 Å². The van der Waals surface area contributed by atoms with Crippen LogP contribution in [0, 0.1) is 0 Å². The fourth-order valence-corrected chi connectivity index (χ4v) is 1.12. The molecule has 0 aromatic rings. The minimum atomic E-state index is -1.57. The zero-order chi connectivity index (χ0) is 9.78. The van der Waals surface area contributed by atoms with E-state index in [4.69, 9.17) is 9.16 Å². The van der Waals surface area contributed by atoms with Crippen molar-refractivity contribution in [1.82, 2.24) is 0 Å². The summed E-state index contributed by atoms with van der Waals surface area (Å²) in [5.74, 6) is -0.271. The number of ether oxygens (including phenoxy) is 1. The molecular weight excluding hydrogens is 172 g/mol. The smallest absolute Gasteiger partial charge is 0.331 e. The van der Waals surface area contributed by atoms with Gasteiger partial charge in [-0.3, -0.25) is 0 Å². The van der Waals surface area contributed by atoms with Crippen LogP contribution in [0.25, 0.3) is 0 Å². The van der Waals surface area contributed by atoms with Gasteiger partial charge in [0.15, 0.2) is 8.32 Å². The number of carbonyl (C=O) groups excluding carboxylic acids is 1. The molecule has 0 N–H and O–H groups in total. The number of rotatable bonds is 4. The second-order valence-corrected chi connectivity index (χ2v) is 8.45. The molecular formula is C8H18O3Si. The van der Waals surface area contributed by atoms with Crippen LogP contribution in [0.4, 0.5) is 0 Å². The minimum absolute atomic E-state index is 0.0530. The maximum atomic E-state index is 11.0. The van der Waals surface area contributed by atoms with E-state index in [1.807, 2.05) is 33.5 Å². The molecule has 0 amide bonds. The predicted molar refractivity (Wildman–Crippen MR) is 50.5 cm³/mol. The molecule has 12 heavy (non-hydrogen) atoms. The Labute approximate surface area is 75.2 Å². The first-order valence-corrected chi connectivity index (χ1v) is 7.55. The van der Waals surface area contributed by atoms with Crippen LogP contribution in [-0.4, -0.2) is 27.0 Å². The van der Waals surface area contributed by atoms with Gasteiger partial charge < -0.3 is 9.16 Å². The molecule has 0 aromatic heterocycles. The van der Waals surface area contributed by atoms with Gasteiger partial charge in [0.05, 0.1) is 6.10 Å². The lowest BCUT2D eigenvalue weighted by Crippen LogP contribution is -2.30. The normalized spacial score (nSPS) is 11.8. The van der Waals surface area contributed by atoms with Crippen molar-refractivity contribution < 1.29 is 14.0 Å². The van der Waals surface area contributed by atoms with Crippen molar-refractivity contribution in [1.29, 1.82) is 0 Å². The highest BCUT2D eigenvalue weighted by Gasteiger charge is 2.16. The number of hydrogen-bond acceptors (Lipinski definition) is 3. The molecule has 0 atom stereocenters. The third-order valence-corrected chi connectivity index (χ3v) is 2.00. The van der Waals surface area contributed by atoms with Crippen LogP contribution in [0.15, 0.2) is 0 Å². The van der Waals surface area contributed by atoms with Crippen LogP contribution in [0.5, 0.6) is 0 Å². The predicted octanol–water partition coefficient (Wildman–Crippen LogP) is 1.79. The fourth-order valence-electron chi connectivity index (χ4n) is 0.572. The van der Waals surface area contributed by atoms with Gasteiger partial charge in [-0.2, -0.15) is 0 Å². The van der Waals surface area contributed by atoms with Crippen molar-refractivity contribution in [3.8, 4) is 0 Å². The Morgan fingerprint density at radius 3 is 2.17 bits per heavy atom. The van der Waals surface area contributed by atoms with Crippen molar-refractivity contribution >= 4 is 14.3 Å². The van der Waals surface area contributed by atoms with Gasteiger partial charge in [-0.05, 0) is 33.5 Å². The van der Waals surface area contributed by atoms with Crippen molar-refractivity contribution in [2.75, 3.05) is 6.61 Å². The van der Waals surface area contributed by atoms with E-state index >= 15 is 0 Å². The molecule has 0 saturated heterocycles. The van der Waals surface area contributed by atoms with Gasteiger partial charge >= 0.3 is 5.97 Å². The third kappa shape index (κ3) is 7.75. The maximum Gasteiger partial charge on any atom is 0.331 e. The van der Waals surface area contributed by atoms with Crippen molar-refractivity contribution in [2.45, 2.75) is 39.6 Å². The molecule has 0 bridgehead atoms.